The molecule has 3 aromatic carbocycles. The highest BCUT2D eigenvalue weighted by Crippen LogP contribution is 2.31. The molecule has 33 heavy (non-hydrogen) atoms. The topological polar surface area (TPSA) is 35.5 Å². The number of allylic oxidation sites excluding steroid dienone is 2. The molecule has 0 N–H and O–H groups in total. The predicted octanol–water partition coefficient (Wildman–Crippen LogP) is 7.10. The van der Waals surface area contributed by atoms with Crippen LogP contribution in [0.2, 0.25) is 0 Å². The molecule has 3 aromatic rings. The van der Waals surface area contributed by atoms with Gasteiger partial charge < -0.3 is 9.47 Å². The number of benzene rings is 3. The highest BCUT2D eigenvalue weighted by atomic mass is 16.5. The Kier molecular flexibility index (Phi) is 6.50. The maximum absolute atomic E-state index is 12.9. The molecule has 0 unspecified atom stereocenters. The van der Waals surface area contributed by atoms with Gasteiger partial charge in [-0.3, -0.25) is 4.79 Å². The van der Waals surface area contributed by atoms with Crippen LogP contribution >= 0.6 is 0 Å². The third kappa shape index (κ3) is 4.93. The monoisotopic (exact) mass is 438 g/mol. The maximum Gasteiger partial charge on any atom is 0.189 e. The van der Waals surface area contributed by atoms with E-state index >= 15 is 0 Å². The standard InChI is InChI=1S/C30H30O3/c1-19(2)30(32-5)24-10-8-22(9-11-24)18-33-27-12-13-28-25(17-27)16-26(29(28)31)15-23-7-6-20(3)21(4)14-23/h6-15,17H,16,18H2,1-5H3/b26-15+. The largest absolute Gasteiger partial charge is 0.496 e. The minimum atomic E-state index is 0.110. The van der Waals surface area contributed by atoms with Crippen LogP contribution in [0.15, 0.2) is 71.8 Å². The summed E-state index contributed by atoms with van der Waals surface area (Å²) in [5.41, 5.74) is 9.45. The van der Waals surface area contributed by atoms with Crippen molar-refractivity contribution in [3.8, 4) is 5.75 Å². The summed E-state index contributed by atoms with van der Waals surface area (Å²) in [7, 11) is 1.69. The van der Waals surface area contributed by atoms with Crippen molar-refractivity contribution < 1.29 is 14.3 Å². The summed E-state index contributed by atoms with van der Waals surface area (Å²) in [4.78, 5) is 12.9. The van der Waals surface area contributed by atoms with Crippen LogP contribution in [-0.4, -0.2) is 12.9 Å². The van der Waals surface area contributed by atoms with Gasteiger partial charge in [-0.15, -0.1) is 0 Å². The molecule has 168 valence electrons. The lowest BCUT2D eigenvalue weighted by Crippen LogP contribution is -1.98. The molecule has 0 atom stereocenters. The molecule has 0 amide bonds. The number of aryl methyl sites for hydroxylation is 2. The Morgan fingerprint density at radius 3 is 2.36 bits per heavy atom. The first-order valence-electron chi connectivity index (χ1n) is 11.2. The van der Waals surface area contributed by atoms with Gasteiger partial charge in [0.1, 0.15) is 18.1 Å². The van der Waals surface area contributed by atoms with Crippen LogP contribution in [0.5, 0.6) is 5.75 Å². The van der Waals surface area contributed by atoms with Gasteiger partial charge in [-0.2, -0.15) is 0 Å². The number of ketones is 1. The molecule has 0 spiro atoms. The van der Waals surface area contributed by atoms with E-state index in [2.05, 4.69) is 56.3 Å². The van der Waals surface area contributed by atoms with E-state index in [4.69, 9.17) is 9.47 Å². The molecule has 0 saturated carbocycles. The van der Waals surface area contributed by atoms with Crippen LogP contribution in [0, 0.1) is 13.8 Å². The molecular formula is C30H30O3. The summed E-state index contributed by atoms with van der Waals surface area (Å²) in [5.74, 6) is 1.79. The predicted molar refractivity (Wildman–Crippen MR) is 134 cm³/mol. The normalized spacial score (nSPS) is 13.7. The van der Waals surface area contributed by atoms with E-state index in [9.17, 15) is 4.79 Å². The molecule has 0 saturated heterocycles. The van der Waals surface area contributed by atoms with E-state index in [1.54, 1.807) is 7.11 Å². The average molecular weight is 439 g/mol. The molecule has 0 radical (unpaired) electrons. The van der Waals surface area contributed by atoms with Crippen LogP contribution in [0.4, 0.5) is 0 Å². The van der Waals surface area contributed by atoms with E-state index in [1.807, 2.05) is 38.1 Å². The third-order valence-corrected chi connectivity index (χ3v) is 6.15. The number of Topliss-reactive ketones (excluding diaryl/α,β-unsaturated/α-hetero) is 1. The Bertz CT molecular complexity index is 1260. The van der Waals surface area contributed by atoms with Crippen molar-refractivity contribution in [2.24, 2.45) is 0 Å². The second-order valence-electron chi connectivity index (χ2n) is 8.86. The fourth-order valence-electron chi connectivity index (χ4n) is 4.19. The van der Waals surface area contributed by atoms with E-state index in [-0.39, 0.29) is 5.78 Å². The smallest absolute Gasteiger partial charge is 0.189 e. The van der Waals surface area contributed by atoms with Crippen LogP contribution in [0.1, 0.15) is 57.6 Å². The Labute approximate surface area is 196 Å². The summed E-state index contributed by atoms with van der Waals surface area (Å²) in [5, 5.41) is 0. The molecule has 0 aliphatic heterocycles. The van der Waals surface area contributed by atoms with Crippen molar-refractivity contribution in [2.45, 2.75) is 40.7 Å². The molecule has 3 heteroatoms. The number of hydrogen-bond donors (Lipinski definition) is 0. The van der Waals surface area contributed by atoms with Gasteiger partial charge in [0.05, 0.1) is 7.11 Å². The van der Waals surface area contributed by atoms with Crippen LogP contribution in [0.3, 0.4) is 0 Å². The van der Waals surface area contributed by atoms with Crippen LogP contribution in [0.25, 0.3) is 11.8 Å². The summed E-state index contributed by atoms with van der Waals surface area (Å²) in [6.07, 6.45) is 2.65. The van der Waals surface area contributed by atoms with E-state index in [1.165, 1.54) is 11.1 Å². The zero-order valence-corrected chi connectivity index (χ0v) is 20.0. The van der Waals surface area contributed by atoms with Crippen molar-refractivity contribution in [2.75, 3.05) is 7.11 Å². The van der Waals surface area contributed by atoms with Gasteiger partial charge in [-0.05, 0) is 85.4 Å². The van der Waals surface area contributed by atoms with Crippen molar-refractivity contribution in [1.29, 1.82) is 0 Å². The van der Waals surface area contributed by atoms with Crippen LogP contribution < -0.4 is 4.74 Å². The van der Waals surface area contributed by atoms with Crippen molar-refractivity contribution in [3.63, 3.8) is 0 Å². The number of rotatable bonds is 6. The van der Waals surface area contributed by atoms with Crippen molar-refractivity contribution in [1.82, 2.24) is 0 Å². The number of hydrogen-bond acceptors (Lipinski definition) is 3. The second kappa shape index (κ2) is 9.50. The molecular weight excluding hydrogens is 408 g/mol. The van der Waals surface area contributed by atoms with E-state index in [0.717, 1.165) is 50.5 Å². The maximum atomic E-state index is 12.9. The zero-order valence-electron chi connectivity index (χ0n) is 20.0. The molecule has 0 bridgehead atoms. The number of carbonyl (C=O) groups excluding carboxylic acids is 1. The third-order valence-electron chi connectivity index (χ3n) is 6.15. The van der Waals surface area contributed by atoms with Crippen molar-refractivity contribution in [3.05, 3.63) is 111 Å². The quantitative estimate of drug-likeness (QED) is 0.304. The molecule has 3 nitrogen and oxygen atoms in total. The highest BCUT2D eigenvalue weighted by molar-refractivity contribution is 6.15. The van der Waals surface area contributed by atoms with Gasteiger partial charge >= 0.3 is 0 Å². The van der Waals surface area contributed by atoms with E-state index in [0.29, 0.717) is 13.0 Å². The lowest BCUT2D eigenvalue weighted by Gasteiger charge is -2.11. The van der Waals surface area contributed by atoms with Crippen molar-refractivity contribution >= 4 is 17.6 Å². The first-order chi connectivity index (χ1) is 15.9. The summed E-state index contributed by atoms with van der Waals surface area (Å²) >= 11 is 0. The summed E-state index contributed by atoms with van der Waals surface area (Å²) in [6.45, 7) is 8.74. The highest BCUT2D eigenvalue weighted by Gasteiger charge is 2.25. The lowest BCUT2D eigenvalue weighted by molar-refractivity contribution is 0.104. The Hall–Kier alpha value is -3.59. The van der Waals surface area contributed by atoms with Gasteiger partial charge in [0.15, 0.2) is 5.78 Å². The zero-order chi connectivity index (χ0) is 23.5. The minimum absolute atomic E-state index is 0.110. The average Bonchev–Trinajstić information content (AvgIpc) is 3.10. The number of methoxy groups -OCH3 is 1. The first-order valence-corrected chi connectivity index (χ1v) is 11.2. The Morgan fingerprint density at radius 1 is 0.939 bits per heavy atom. The molecule has 0 heterocycles. The molecule has 1 aliphatic carbocycles. The summed E-state index contributed by atoms with van der Waals surface area (Å²) < 4.78 is 11.5. The van der Waals surface area contributed by atoms with Gasteiger partial charge in [0.2, 0.25) is 0 Å². The fourth-order valence-corrected chi connectivity index (χ4v) is 4.19. The van der Waals surface area contributed by atoms with Gasteiger partial charge in [-0.1, -0.05) is 42.5 Å². The molecule has 0 fully saturated rings. The fraction of sp³-hybridized carbons (Fsp3) is 0.233. The number of carbonyl (C=O) groups is 1. The van der Waals surface area contributed by atoms with Gasteiger partial charge in [0.25, 0.3) is 0 Å². The first kappa shape index (κ1) is 22.6. The molecule has 4 rings (SSSR count). The SMILES string of the molecule is COC(=C(C)C)c1ccc(COc2ccc3c(c2)C/C(=C\c2ccc(C)c(C)c2)C3=O)cc1. The number of fused-ring (bicyclic) bond motifs is 1. The Morgan fingerprint density at radius 2 is 1.70 bits per heavy atom. The Balaban J connectivity index is 1.45. The van der Waals surface area contributed by atoms with Gasteiger partial charge in [-0.25, -0.2) is 0 Å². The van der Waals surface area contributed by atoms with Crippen LogP contribution in [-0.2, 0) is 17.8 Å². The summed E-state index contributed by atoms with van der Waals surface area (Å²) in [6, 6.07) is 20.3. The minimum Gasteiger partial charge on any atom is -0.496 e. The lowest BCUT2D eigenvalue weighted by atomic mass is 10.0. The molecule has 0 aromatic heterocycles. The van der Waals surface area contributed by atoms with Gasteiger partial charge in [0, 0.05) is 23.1 Å². The second-order valence-corrected chi connectivity index (χ2v) is 8.86. The molecule has 1 aliphatic rings. The number of ether oxygens (including phenoxy) is 2. The van der Waals surface area contributed by atoms with E-state index < -0.39 is 0 Å².